The molecule has 1 aliphatic rings. The van der Waals surface area contributed by atoms with Crippen molar-refractivity contribution in [2.24, 2.45) is 0 Å². The number of carbonyl (C=O) groups is 1. The first-order valence-electron chi connectivity index (χ1n) is 6.68. The minimum absolute atomic E-state index is 0.0165. The summed E-state index contributed by atoms with van der Waals surface area (Å²) in [5, 5.41) is 6.09. The van der Waals surface area contributed by atoms with E-state index in [0.717, 1.165) is 38.3 Å². The first-order valence-corrected chi connectivity index (χ1v) is 6.68. The Bertz CT molecular complexity index is 419. The molecule has 2 N–H and O–H groups in total. The predicted molar refractivity (Wildman–Crippen MR) is 72.2 cm³/mol. The molecule has 2 rings (SSSR count). The number of hydrogen-bond donors (Lipinski definition) is 2. The number of nitrogens with one attached hydrogen (secondary N) is 2. The molecule has 4 nitrogen and oxygen atoms in total. The van der Waals surface area contributed by atoms with E-state index in [1.54, 1.807) is 12.1 Å². The summed E-state index contributed by atoms with van der Waals surface area (Å²) in [6.45, 7) is 5.15. The van der Waals surface area contributed by atoms with Gasteiger partial charge in [-0.2, -0.15) is 0 Å². The molecule has 1 aromatic rings. The fraction of sp³-hybridized carbons (Fsp3) is 0.500. The number of amides is 1. The van der Waals surface area contributed by atoms with Gasteiger partial charge in [0, 0.05) is 45.7 Å². The Labute approximate surface area is 113 Å². The van der Waals surface area contributed by atoms with Gasteiger partial charge in [-0.3, -0.25) is 4.79 Å². The van der Waals surface area contributed by atoms with E-state index in [4.69, 9.17) is 0 Å². The molecule has 0 aliphatic carbocycles. The summed E-state index contributed by atoms with van der Waals surface area (Å²) >= 11 is 0. The highest BCUT2D eigenvalue weighted by atomic mass is 19.1. The first-order chi connectivity index (χ1) is 9.24. The van der Waals surface area contributed by atoms with E-state index >= 15 is 0 Å². The van der Waals surface area contributed by atoms with E-state index in [0.29, 0.717) is 13.0 Å². The van der Waals surface area contributed by atoms with Crippen molar-refractivity contribution in [3.8, 4) is 0 Å². The number of halogens is 1. The Hall–Kier alpha value is -1.46. The maximum absolute atomic E-state index is 13.0. The van der Waals surface area contributed by atoms with Crippen molar-refractivity contribution < 1.29 is 9.18 Å². The van der Waals surface area contributed by atoms with Gasteiger partial charge in [-0.05, 0) is 17.7 Å². The van der Waals surface area contributed by atoms with Crippen molar-refractivity contribution in [3.63, 3.8) is 0 Å². The van der Waals surface area contributed by atoms with Crippen molar-refractivity contribution in [2.45, 2.75) is 13.0 Å². The van der Waals surface area contributed by atoms with Crippen LogP contribution in [0, 0.1) is 5.82 Å². The molecule has 104 valence electrons. The number of benzene rings is 1. The number of carbonyl (C=O) groups excluding carboxylic acids is 1. The molecule has 19 heavy (non-hydrogen) atoms. The molecule has 5 heteroatoms. The second kappa shape index (κ2) is 7.21. The number of nitrogens with zero attached hydrogens (tertiary/aromatic N) is 1. The molecule has 1 aromatic carbocycles. The zero-order chi connectivity index (χ0) is 13.5. The van der Waals surface area contributed by atoms with Crippen LogP contribution in [0.2, 0.25) is 0 Å². The van der Waals surface area contributed by atoms with Gasteiger partial charge in [0.25, 0.3) is 0 Å². The highest BCUT2D eigenvalue weighted by Crippen LogP contribution is 2.03. The second-order valence-corrected chi connectivity index (χ2v) is 4.75. The third-order valence-electron chi connectivity index (χ3n) is 3.24. The van der Waals surface area contributed by atoms with Gasteiger partial charge < -0.3 is 15.5 Å². The van der Waals surface area contributed by atoms with E-state index in [1.165, 1.54) is 12.1 Å². The van der Waals surface area contributed by atoms with Crippen LogP contribution in [-0.2, 0) is 11.3 Å². The van der Waals surface area contributed by atoms with E-state index in [1.807, 2.05) is 0 Å². The Kier molecular flexibility index (Phi) is 5.30. The molecule has 0 aromatic heterocycles. The largest absolute Gasteiger partial charge is 0.352 e. The van der Waals surface area contributed by atoms with Crippen LogP contribution < -0.4 is 10.6 Å². The lowest BCUT2D eigenvalue weighted by atomic mass is 10.2. The minimum Gasteiger partial charge on any atom is -0.352 e. The smallest absolute Gasteiger partial charge is 0.221 e. The Balaban J connectivity index is 1.66. The Morgan fingerprint density at radius 2 is 2.16 bits per heavy atom. The molecule has 1 heterocycles. The lowest BCUT2D eigenvalue weighted by molar-refractivity contribution is -0.121. The van der Waals surface area contributed by atoms with E-state index < -0.39 is 0 Å². The molecular weight excluding hydrogens is 245 g/mol. The van der Waals surface area contributed by atoms with Crippen molar-refractivity contribution in [1.82, 2.24) is 15.5 Å². The highest BCUT2D eigenvalue weighted by molar-refractivity contribution is 5.76. The van der Waals surface area contributed by atoms with Crippen LogP contribution in [0.3, 0.4) is 0 Å². The SMILES string of the molecule is O=C(CCN1CCNCC1)NCc1cccc(F)c1. The third-order valence-corrected chi connectivity index (χ3v) is 3.24. The normalized spacial score (nSPS) is 16.3. The molecule has 0 radical (unpaired) electrons. The summed E-state index contributed by atoms with van der Waals surface area (Å²) < 4.78 is 13.0. The average molecular weight is 265 g/mol. The molecule has 1 aliphatic heterocycles. The van der Waals surface area contributed by atoms with Gasteiger partial charge in [-0.25, -0.2) is 4.39 Å². The molecule has 1 fully saturated rings. The molecule has 1 amide bonds. The van der Waals surface area contributed by atoms with Crippen LogP contribution in [0.5, 0.6) is 0 Å². The molecule has 1 saturated heterocycles. The summed E-state index contributed by atoms with van der Waals surface area (Å²) in [4.78, 5) is 14.0. The molecule has 0 saturated carbocycles. The maximum Gasteiger partial charge on any atom is 0.221 e. The van der Waals surface area contributed by atoms with Crippen LogP contribution in [-0.4, -0.2) is 43.5 Å². The molecule has 0 bridgehead atoms. The van der Waals surface area contributed by atoms with Crippen LogP contribution in [0.1, 0.15) is 12.0 Å². The molecule has 0 atom stereocenters. The number of hydrogen-bond acceptors (Lipinski definition) is 3. The maximum atomic E-state index is 13.0. The van der Waals surface area contributed by atoms with Gasteiger partial charge in [0.15, 0.2) is 0 Å². The summed E-state index contributed by atoms with van der Waals surface area (Å²) in [7, 11) is 0. The minimum atomic E-state index is -0.271. The lowest BCUT2D eigenvalue weighted by Crippen LogP contribution is -2.44. The Morgan fingerprint density at radius 1 is 1.37 bits per heavy atom. The Morgan fingerprint density at radius 3 is 2.89 bits per heavy atom. The average Bonchev–Trinajstić information content (AvgIpc) is 2.44. The van der Waals surface area contributed by atoms with Crippen LogP contribution in [0.25, 0.3) is 0 Å². The summed E-state index contributed by atoms with van der Waals surface area (Å²) in [6.07, 6.45) is 0.495. The van der Waals surface area contributed by atoms with Crippen LogP contribution in [0.15, 0.2) is 24.3 Å². The quantitative estimate of drug-likeness (QED) is 0.825. The lowest BCUT2D eigenvalue weighted by Gasteiger charge is -2.26. The fourth-order valence-corrected chi connectivity index (χ4v) is 2.13. The van der Waals surface area contributed by atoms with Gasteiger partial charge in [0.1, 0.15) is 5.82 Å². The number of piperazine rings is 1. The summed E-state index contributed by atoms with van der Waals surface area (Å²) in [5.41, 5.74) is 0.788. The highest BCUT2D eigenvalue weighted by Gasteiger charge is 2.10. The third kappa shape index (κ3) is 4.96. The monoisotopic (exact) mass is 265 g/mol. The van der Waals surface area contributed by atoms with Gasteiger partial charge in [0.2, 0.25) is 5.91 Å². The second-order valence-electron chi connectivity index (χ2n) is 4.75. The first kappa shape index (κ1) is 14.0. The topological polar surface area (TPSA) is 44.4 Å². The number of rotatable bonds is 5. The van der Waals surface area contributed by atoms with E-state index in [-0.39, 0.29) is 11.7 Å². The van der Waals surface area contributed by atoms with Crippen molar-refractivity contribution in [2.75, 3.05) is 32.7 Å². The van der Waals surface area contributed by atoms with Crippen LogP contribution >= 0.6 is 0 Å². The van der Waals surface area contributed by atoms with Gasteiger partial charge in [-0.1, -0.05) is 12.1 Å². The van der Waals surface area contributed by atoms with E-state index in [2.05, 4.69) is 15.5 Å². The molecular formula is C14H20FN3O. The predicted octanol–water partition coefficient (Wildman–Crippen LogP) is 0.737. The van der Waals surface area contributed by atoms with Crippen LogP contribution in [0.4, 0.5) is 4.39 Å². The fourth-order valence-electron chi connectivity index (χ4n) is 2.13. The zero-order valence-corrected chi connectivity index (χ0v) is 11.0. The molecule has 0 unspecified atom stereocenters. The zero-order valence-electron chi connectivity index (χ0n) is 11.0. The summed E-state index contributed by atoms with van der Waals surface area (Å²) in [6, 6.07) is 6.30. The van der Waals surface area contributed by atoms with E-state index in [9.17, 15) is 9.18 Å². The van der Waals surface area contributed by atoms with Crippen molar-refractivity contribution >= 4 is 5.91 Å². The summed E-state index contributed by atoms with van der Waals surface area (Å²) in [5.74, 6) is -0.254. The molecule has 0 spiro atoms. The standard InChI is InChI=1S/C14H20FN3O/c15-13-3-1-2-12(10-13)11-17-14(19)4-7-18-8-5-16-6-9-18/h1-3,10,16H,4-9,11H2,(H,17,19). The van der Waals surface area contributed by atoms with Gasteiger partial charge in [-0.15, -0.1) is 0 Å². The van der Waals surface area contributed by atoms with Crippen molar-refractivity contribution in [3.05, 3.63) is 35.6 Å². The van der Waals surface area contributed by atoms with Crippen molar-refractivity contribution in [1.29, 1.82) is 0 Å². The van der Waals surface area contributed by atoms with Gasteiger partial charge in [0.05, 0.1) is 0 Å². The van der Waals surface area contributed by atoms with Gasteiger partial charge >= 0.3 is 0 Å².